The number of unbranched alkanes of at least 4 members (excludes halogenated alkanes) is 1. The number of hydrogen-bond acceptors (Lipinski definition) is 3. The molecule has 1 aromatic heterocycles. The highest BCUT2D eigenvalue weighted by molar-refractivity contribution is 7.09. The second-order valence-electron chi connectivity index (χ2n) is 3.16. The quantitative estimate of drug-likeness (QED) is 0.744. The molecule has 0 radical (unpaired) electrons. The molecule has 0 aliphatic rings. The molecule has 0 amide bonds. The molecule has 0 bridgehead atoms. The SMILES string of the molecule is Cc1sc(=O)n(CCCCN)c1C. The number of rotatable bonds is 4. The van der Waals surface area contributed by atoms with Crippen LogP contribution in [0.1, 0.15) is 23.4 Å². The molecule has 0 aliphatic heterocycles. The van der Waals surface area contributed by atoms with Crippen molar-refractivity contribution in [3.63, 3.8) is 0 Å². The zero-order valence-corrected chi connectivity index (χ0v) is 8.99. The second-order valence-corrected chi connectivity index (χ2v) is 4.32. The van der Waals surface area contributed by atoms with Gasteiger partial charge in [0.2, 0.25) is 0 Å². The molecule has 0 aromatic carbocycles. The number of nitrogens with zero attached hydrogens (tertiary/aromatic N) is 1. The van der Waals surface area contributed by atoms with Crippen molar-refractivity contribution in [3.05, 3.63) is 20.2 Å². The summed E-state index contributed by atoms with van der Waals surface area (Å²) in [5, 5.41) is 0. The van der Waals surface area contributed by atoms with Crippen molar-refractivity contribution in [2.24, 2.45) is 5.73 Å². The molecule has 13 heavy (non-hydrogen) atoms. The van der Waals surface area contributed by atoms with Crippen molar-refractivity contribution in [1.29, 1.82) is 0 Å². The van der Waals surface area contributed by atoms with Gasteiger partial charge in [-0.1, -0.05) is 11.3 Å². The fraction of sp³-hybridized carbons (Fsp3) is 0.667. The van der Waals surface area contributed by atoms with Crippen molar-refractivity contribution >= 4 is 11.3 Å². The highest BCUT2D eigenvalue weighted by Crippen LogP contribution is 2.09. The van der Waals surface area contributed by atoms with Gasteiger partial charge >= 0.3 is 4.87 Å². The van der Waals surface area contributed by atoms with Gasteiger partial charge in [0.15, 0.2) is 0 Å². The molecule has 0 aliphatic carbocycles. The van der Waals surface area contributed by atoms with Crippen molar-refractivity contribution in [2.45, 2.75) is 33.2 Å². The summed E-state index contributed by atoms with van der Waals surface area (Å²) in [4.78, 5) is 12.7. The first-order chi connectivity index (χ1) is 6.16. The number of nitrogens with two attached hydrogens (primary N) is 1. The summed E-state index contributed by atoms with van der Waals surface area (Å²) < 4.78 is 1.84. The Labute approximate surface area is 82.2 Å². The predicted molar refractivity (Wildman–Crippen MR) is 56.3 cm³/mol. The first-order valence-electron chi connectivity index (χ1n) is 4.53. The minimum atomic E-state index is 0.159. The van der Waals surface area contributed by atoms with Gasteiger partial charge in [-0.2, -0.15) is 0 Å². The lowest BCUT2D eigenvalue weighted by Crippen LogP contribution is -2.15. The third-order valence-electron chi connectivity index (χ3n) is 2.21. The summed E-state index contributed by atoms with van der Waals surface area (Å²) in [5.74, 6) is 0. The third-order valence-corrected chi connectivity index (χ3v) is 3.21. The maximum Gasteiger partial charge on any atom is 0.307 e. The predicted octanol–water partition coefficient (Wildman–Crippen LogP) is 1.27. The van der Waals surface area contributed by atoms with Gasteiger partial charge in [-0.3, -0.25) is 4.79 Å². The topological polar surface area (TPSA) is 48.0 Å². The van der Waals surface area contributed by atoms with E-state index in [4.69, 9.17) is 5.73 Å². The molecule has 4 heteroatoms. The lowest BCUT2D eigenvalue weighted by Gasteiger charge is -2.03. The van der Waals surface area contributed by atoms with Crippen LogP contribution < -0.4 is 10.6 Å². The lowest BCUT2D eigenvalue weighted by molar-refractivity contribution is 0.595. The monoisotopic (exact) mass is 200 g/mol. The second kappa shape index (κ2) is 4.58. The van der Waals surface area contributed by atoms with Gasteiger partial charge < -0.3 is 10.3 Å². The van der Waals surface area contributed by atoms with Crippen molar-refractivity contribution in [3.8, 4) is 0 Å². The van der Waals surface area contributed by atoms with Crippen LogP contribution in [0.5, 0.6) is 0 Å². The van der Waals surface area contributed by atoms with E-state index in [0.717, 1.165) is 30.0 Å². The Hall–Kier alpha value is -0.610. The van der Waals surface area contributed by atoms with Crippen LogP contribution in [0.4, 0.5) is 0 Å². The van der Waals surface area contributed by atoms with Gasteiger partial charge in [0, 0.05) is 17.1 Å². The minimum absolute atomic E-state index is 0.159. The molecule has 0 spiro atoms. The maximum atomic E-state index is 11.4. The van der Waals surface area contributed by atoms with Crippen LogP contribution in [0.2, 0.25) is 0 Å². The fourth-order valence-corrected chi connectivity index (χ4v) is 2.12. The van der Waals surface area contributed by atoms with Crippen molar-refractivity contribution < 1.29 is 0 Å². The van der Waals surface area contributed by atoms with Crippen LogP contribution >= 0.6 is 11.3 Å². The lowest BCUT2D eigenvalue weighted by atomic mass is 10.3. The largest absolute Gasteiger partial charge is 0.330 e. The van der Waals surface area contributed by atoms with Gasteiger partial charge in [0.1, 0.15) is 0 Å². The Morgan fingerprint density at radius 2 is 2.08 bits per heavy atom. The van der Waals surface area contributed by atoms with E-state index in [1.165, 1.54) is 11.3 Å². The fourth-order valence-electron chi connectivity index (χ4n) is 1.26. The number of aromatic nitrogens is 1. The summed E-state index contributed by atoms with van der Waals surface area (Å²) in [6.07, 6.45) is 1.98. The van der Waals surface area contributed by atoms with Crippen LogP contribution in [0, 0.1) is 13.8 Å². The molecule has 3 nitrogen and oxygen atoms in total. The van der Waals surface area contributed by atoms with Gasteiger partial charge in [-0.25, -0.2) is 0 Å². The first-order valence-corrected chi connectivity index (χ1v) is 5.35. The number of aryl methyl sites for hydroxylation is 1. The smallest absolute Gasteiger partial charge is 0.307 e. The Bertz CT molecular complexity index is 327. The van der Waals surface area contributed by atoms with E-state index in [0.29, 0.717) is 6.54 Å². The van der Waals surface area contributed by atoms with Crippen LogP contribution in [-0.4, -0.2) is 11.1 Å². The van der Waals surface area contributed by atoms with E-state index in [2.05, 4.69) is 0 Å². The zero-order valence-electron chi connectivity index (χ0n) is 8.17. The van der Waals surface area contributed by atoms with Gasteiger partial charge in [0.25, 0.3) is 0 Å². The summed E-state index contributed by atoms with van der Waals surface area (Å²) in [5.41, 5.74) is 6.49. The number of thiazole rings is 1. The van der Waals surface area contributed by atoms with E-state index in [1.807, 2.05) is 18.4 Å². The van der Waals surface area contributed by atoms with E-state index in [9.17, 15) is 4.79 Å². The van der Waals surface area contributed by atoms with Gasteiger partial charge in [-0.15, -0.1) is 0 Å². The Kier molecular flexibility index (Phi) is 3.69. The molecular weight excluding hydrogens is 184 g/mol. The Morgan fingerprint density at radius 3 is 2.54 bits per heavy atom. The molecule has 0 atom stereocenters. The molecule has 74 valence electrons. The number of hydrogen-bond donors (Lipinski definition) is 1. The molecule has 0 saturated carbocycles. The standard InChI is InChI=1S/C9H16N2OS/c1-7-8(2)13-9(12)11(7)6-4-3-5-10/h3-6,10H2,1-2H3. The van der Waals surface area contributed by atoms with Crippen molar-refractivity contribution in [2.75, 3.05) is 6.54 Å². The Balaban J connectivity index is 2.70. The molecule has 1 heterocycles. The van der Waals surface area contributed by atoms with Crippen LogP contribution in [-0.2, 0) is 6.54 Å². The van der Waals surface area contributed by atoms with E-state index in [1.54, 1.807) is 0 Å². The highest BCUT2D eigenvalue weighted by atomic mass is 32.1. The Morgan fingerprint density at radius 1 is 1.38 bits per heavy atom. The summed E-state index contributed by atoms with van der Waals surface area (Å²) in [6.45, 7) is 5.50. The minimum Gasteiger partial charge on any atom is -0.330 e. The average Bonchev–Trinajstić information content (AvgIpc) is 2.32. The maximum absolute atomic E-state index is 11.4. The molecule has 1 aromatic rings. The summed E-state index contributed by atoms with van der Waals surface area (Å²) in [6, 6.07) is 0. The normalized spacial score (nSPS) is 10.7. The molecule has 0 fully saturated rings. The van der Waals surface area contributed by atoms with Crippen molar-refractivity contribution in [1.82, 2.24) is 4.57 Å². The highest BCUT2D eigenvalue weighted by Gasteiger charge is 2.05. The molecule has 2 N–H and O–H groups in total. The molecular formula is C9H16N2OS. The third kappa shape index (κ3) is 2.42. The molecule has 1 rings (SSSR count). The van der Waals surface area contributed by atoms with Crippen LogP contribution in [0.25, 0.3) is 0 Å². The van der Waals surface area contributed by atoms with Gasteiger partial charge in [0.05, 0.1) is 0 Å². The van der Waals surface area contributed by atoms with Crippen LogP contribution in [0.15, 0.2) is 4.79 Å². The zero-order chi connectivity index (χ0) is 9.84. The summed E-state index contributed by atoms with van der Waals surface area (Å²) in [7, 11) is 0. The van der Waals surface area contributed by atoms with Crippen LogP contribution in [0.3, 0.4) is 0 Å². The van der Waals surface area contributed by atoms with E-state index < -0.39 is 0 Å². The molecule has 0 saturated heterocycles. The van der Waals surface area contributed by atoms with E-state index in [-0.39, 0.29) is 4.87 Å². The average molecular weight is 200 g/mol. The van der Waals surface area contributed by atoms with Gasteiger partial charge in [-0.05, 0) is 33.2 Å². The summed E-state index contributed by atoms with van der Waals surface area (Å²) >= 11 is 1.33. The molecule has 0 unspecified atom stereocenters. The van der Waals surface area contributed by atoms with E-state index >= 15 is 0 Å². The first kappa shape index (κ1) is 10.5.